The summed E-state index contributed by atoms with van der Waals surface area (Å²) < 4.78 is 0. The van der Waals surface area contributed by atoms with Crippen molar-refractivity contribution >= 4 is 22.7 Å². The third kappa shape index (κ3) is 6.80. The van der Waals surface area contributed by atoms with Crippen LogP contribution in [0.25, 0.3) is 32.5 Å². The van der Waals surface area contributed by atoms with E-state index in [-0.39, 0.29) is 0 Å². The predicted octanol–water partition coefficient (Wildman–Crippen LogP) is 8.64. The molecule has 0 aliphatic carbocycles. The average molecular weight is 491 g/mol. The number of aryl methyl sites for hydroxylation is 2. The first-order chi connectivity index (χ1) is 16.8. The molecular formula is C28H34N4S2. The lowest BCUT2D eigenvalue weighted by molar-refractivity contribution is 0.670. The molecule has 0 fully saturated rings. The first-order valence-corrected chi connectivity index (χ1v) is 14.2. The Balaban J connectivity index is 1.35. The molecule has 6 heteroatoms. The van der Waals surface area contributed by atoms with Crippen LogP contribution < -0.4 is 0 Å². The van der Waals surface area contributed by atoms with Crippen molar-refractivity contribution in [1.29, 1.82) is 0 Å². The number of rotatable bonds is 13. The Kier molecular flexibility index (Phi) is 9.34. The second-order valence-corrected chi connectivity index (χ2v) is 11.1. The van der Waals surface area contributed by atoms with Crippen LogP contribution in [0.1, 0.15) is 75.0 Å². The molecule has 0 atom stereocenters. The number of thiophene rings is 2. The lowest BCUT2D eigenvalue weighted by atomic mass is 10.1. The van der Waals surface area contributed by atoms with Gasteiger partial charge in [-0.15, -0.1) is 22.7 Å². The highest BCUT2D eigenvalue weighted by molar-refractivity contribution is 7.15. The summed E-state index contributed by atoms with van der Waals surface area (Å²) in [5, 5.41) is 0. The molecule has 4 nitrogen and oxygen atoms in total. The predicted molar refractivity (Wildman–Crippen MR) is 145 cm³/mol. The number of nitrogens with zero attached hydrogens (tertiary/aromatic N) is 4. The molecule has 0 amide bonds. The summed E-state index contributed by atoms with van der Waals surface area (Å²) >= 11 is 3.69. The summed E-state index contributed by atoms with van der Waals surface area (Å²) in [4.78, 5) is 23.5. The van der Waals surface area contributed by atoms with Gasteiger partial charge < -0.3 is 0 Å². The third-order valence-electron chi connectivity index (χ3n) is 5.95. The fourth-order valence-electron chi connectivity index (χ4n) is 3.93. The first kappa shape index (κ1) is 24.7. The molecule has 178 valence electrons. The van der Waals surface area contributed by atoms with Crippen LogP contribution in [0.15, 0.2) is 49.1 Å². The molecule has 0 radical (unpaired) electrons. The van der Waals surface area contributed by atoms with E-state index in [4.69, 9.17) is 0 Å². The molecule has 4 aromatic rings. The summed E-state index contributed by atoms with van der Waals surface area (Å²) in [5.41, 5.74) is 2.10. The van der Waals surface area contributed by atoms with Crippen LogP contribution in [0.5, 0.6) is 0 Å². The Bertz CT molecular complexity index is 1040. The van der Waals surface area contributed by atoms with Gasteiger partial charge in [0.1, 0.15) is 0 Å². The van der Waals surface area contributed by atoms with E-state index < -0.39 is 0 Å². The normalized spacial score (nSPS) is 11.2. The Morgan fingerprint density at radius 1 is 0.529 bits per heavy atom. The lowest BCUT2D eigenvalue weighted by Crippen LogP contribution is -1.95. The Morgan fingerprint density at radius 2 is 0.941 bits per heavy atom. The molecule has 0 unspecified atom stereocenters. The molecule has 0 saturated carbocycles. The number of aromatic nitrogens is 4. The SMILES string of the molecule is CCCCCCc1ccc(-c2cnc(-c3ncc(-c4ccc(CCCCCC)s4)cn3)nc2)s1. The maximum Gasteiger partial charge on any atom is 0.197 e. The smallest absolute Gasteiger partial charge is 0.197 e. The van der Waals surface area contributed by atoms with Gasteiger partial charge in [0.25, 0.3) is 0 Å². The van der Waals surface area contributed by atoms with E-state index in [1.54, 1.807) is 0 Å². The van der Waals surface area contributed by atoms with Crippen LogP contribution in [0.2, 0.25) is 0 Å². The van der Waals surface area contributed by atoms with Gasteiger partial charge in [-0.2, -0.15) is 0 Å². The van der Waals surface area contributed by atoms with Crippen LogP contribution >= 0.6 is 22.7 Å². The highest BCUT2D eigenvalue weighted by Gasteiger charge is 2.10. The van der Waals surface area contributed by atoms with Crippen molar-refractivity contribution in [3.63, 3.8) is 0 Å². The lowest BCUT2D eigenvalue weighted by Gasteiger charge is -2.02. The topological polar surface area (TPSA) is 51.6 Å². The fraction of sp³-hybridized carbons (Fsp3) is 0.429. The molecule has 0 N–H and O–H groups in total. The molecule has 0 saturated heterocycles. The largest absolute Gasteiger partial charge is 0.233 e. The van der Waals surface area contributed by atoms with E-state index in [0.717, 1.165) is 24.0 Å². The molecule has 4 heterocycles. The highest BCUT2D eigenvalue weighted by atomic mass is 32.1. The summed E-state index contributed by atoms with van der Waals surface area (Å²) in [7, 11) is 0. The van der Waals surface area contributed by atoms with E-state index in [1.165, 1.54) is 70.9 Å². The van der Waals surface area contributed by atoms with Crippen LogP contribution in [-0.4, -0.2) is 19.9 Å². The van der Waals surface area contributed by atoms with Crippen molar-refractivity contribution in [2.24, 2.45) is 0 Å². The number of hydrogen-bond acceptors (Lipinski definition) is 6. The van der Waals surface area contributed by atoms with Gasteiger partial charge in [0.15, 0.2) is 11.6 Å². The average Bonchev–Trinajstić information content (AvgIpc) is 3.55. The first-order valence-electron chi connectivity index (χ1n) is 12.6. The Morgan fingerprint density at radius 3 is 1.32 bits per heavy atom. The molecule has 0 bridgehead atoms. The molecule has 4 rings (SSSR count). The molecule has 4 aromatic heterocycles. The molecule has 0 aliphatic heterocycles. The van der Waals surface area contributed by atoms with Crippen LogP contribution in [-0.2, 0) is 12.8 Å². The van der Waals surface area contributed by atoms with E-state index in [1.807, 2.05) is 47.5 Å². The van der Waals surface area contributed by atoms with E-state index >= 15 is 0 Å². The van der Waals surface area contributed by atoms with Crippen molar-refractivity contribution in [3.8, 4) is 32.5 Å². The van der Waals surface area contributed by atoms with Gasteiger partial charge in [-0.3, -0.25) is 0 Å². The van der Waals surface area contributed by atoms with Crippen LogP contribution in [0.3, 0.4) is 0 Å². The van der Waals surface area contributed by atoms with Gasteiger partial charge in [-0.05, 0) is 49.9 Å². The van der Waals surface area contributed by atoms with Gasteiger partial charge in [0.05, 0.1) is 0 Å². The molecule has 0 aromatic carbocycles. The second kappa shape index (κ2) is 12.9. The minimum absolute atomic E-state index is 0.564. The molecule has 0 aliphatic rings. The summed E-state index contributed by atoms with van der Waals surface area (Å²) in [6.45, 7) is 4.50. The van der Waals surface area contributed by atoms with Crippen molar-refractivity contribution in [3.05, 3.63) is 58.8 Å². The maximum atomic E-state index is 4.55. The zero-order valence-corrected chi connectivity index (χ0v) is 21.9. The zero-order chi connectivity index (χ0) is 23.6. The number of hydrogen-bond donors (Lipinski definition) is 0. The van der Waals surface area contributed by atoms with E-state index in [0.29, 0.717) is 11.6 Å². The summed E-state index contributed by atoms with van der Waals surface area (Å²) in [6, 6.07) is 8.84. The van der Waals surface area contributed by atoms with Gasteiger partial charge in [0, 0.05) is 55.4 Å². The monoisotopic (exact) mass is 490 g/mol. The quantitative estimate of drug-likeness (QED) is 0.176. The van der Waals surface area contributed by atoms with Crippen molar-refractivity contribution in [2.75, 3.05) is 0 Å². The van der Waals surface area contributed by atoms with E-state index in [9.17, 15) is 0 Å². The standard InChI is InChI=1S/C28H34N4S2/c1-3-5-7-9-11-23-13-15-25(33-23)21-17-29-27(30-18-21)28-31-19-22(20-32-28)26-16-14-24(34-26)12-10-8-6-4-2/h13-20H,3-12H2,1-2H3. The molecular weight excluding hydrogens is 456 g/mol. The molecule has 0 spiro atoms. The van der Waals surface area contributed by atoms with E-state index in [2.05, 4.69) is 58.0 Å². The summed E-state index contributed by atoms with van der Waals surface area (Å²) in [6.07, 6.45) is 20.2. The summed E-state index contributed by atoms with van der Waals surface area (Å²) in [5.74, 6) is 1.13. The second-order valence-electron chi connectivity index (χ2n) is 8.74. The van der Waals surface area contributed by atoms with Crippen LogP contribution in [0.4, 0.5) is 0 Å². The minimum atomic E-state index is 0.564. The van der Waals surface area contributed by atoms with Crippen molar-refractivity contribution in [2.45, 2.75) is 78.1 Å². The van der Waals surface area contributed by atoms with Gasteiger partial charge >= 0.3 is 0 Å². The Hall–Kier alpha value is -2.44. The maximum absolute atomic E-state index is 4.55. The molecule has 34 heavy (non-hydrogen) atoms. The van der Waals surface area contributed by atoms with Gasteiger partial charge in [-0.1, -0.05) is 52.4 Å². The highest BCUT2D eigenvalue weighted by Crippen LogP contribution is 2.30. The van der Waals surface area contributed by atoms with Gasteiger partial charge in [0.2, 0.25) is 0 Å². The number of unbranched alkanes of at least 4 members (excludes halogenated alkanes) is 6. The van der Waals surface area contributed by atoms with Crippen molar-refractivity contribution in [1.82, 2.24) is 19.9 Å². The van der Waals surface area contributed by atoms with Crippen molar-refractivity contribution < 1.29 is 0 Å². The van der Waals surface area contributed by atoms with Crippen LogP contribution in [0, 0.1) is 0 Å². The zero-order valence-electron chi connectivity index (χ0n) is 20.3. The van der Waals surface area contributed by atoms with Gasteiger partial charge in [-0.25, -0.2) is 19.9 Å². The Labute approximate surface area is 211 Å². The minimum Gasteiger partial charge on any atom is -0.233 e. The third-order valence-corrected chi connectivity index (χ3v) is 8.34. The fourth-order valence-corrected chi connectivity index (χ4v) is 5.98.